The first-order valence-electron chi connectivity index (χ1n) is 7.01. The van der Waals surface area contributed by atoms with Crippen LogP contribution in [0.15, 0.2) is 12.2 Å². The van der Waals surface area contributed by atoms with Crippen molar-refractivity contribution in [2.45, 2.75) is 31.4 Å². The summed E-state index contributed by atoms with van der Waals surface area (Å²) < 4.78 is 5.81. The van der Waals surface area contributed by atoms with Gasteiger partial charge in [0.05, 0.1) is 18.8 Å². The van der Waals surface area contributed by atoms with Crippen LogP contribution in [0.4, 0.5) is 0 Å². The van der Waals surface area contributed by atoms with Crippen molar-refractivity contribution >= 4 is 5.91 Å². The fourth-order valence-electron chi connectivity index (χ4n) is 3.32. The summed E-state index contributed by atoms with van der Waals surface area (Å²) >= 11 is 0. The van der Waals surface area contributed by atoms with Crippen LogP contribution in [-0.4, -0.2) is 61.1 Å². The van der Waals surface area contributed by atoms with Gasteiger partial charge in [-0.1, -0.05) is 12.2 Å². The van der Waals surface area contributed by atoms with Crippen molar-refractivity contribution < 1.29 is 9.53 Å². The molecule has 2 atom stereocenters. The number of likely N-dealkylation sites (tertiary alicyclic amines) is 1. The van der Waals surface area contributed by atoms with Crippen molar-refractivity contribution in [3.05, 3.63) is 12.2 Å². The van der Waals surface area contributed by atoms with Gasteiger partial charge >= 0.3 is 0 Å². The van der Waals surface area contributed by atoms with Crippen molar-refractivity contribution in [1.82, 2.24) is 9.80 Å². The monoisotopic (exact) mass is 250 g/mol. The Kier molecular flexibility index (Phi) is 3.39. The third-order valence-corrected chi connectivity index (χ3v) is 4.53. The number of allylic oxidation sites excluding steroid dienone is 2. The van der Waals surface area contributed by atoms with Crippen molar-refractivity contribution in [3.63, 3.8) is 0 Å². The van der Waals surface area contributed by atoms with Crippen LogP contribution in [0.3, 0.4) is 0 Å². The topological polar surface area (TPSA) is 32.8 Å². The summed E-state index contributed by atoms with van der Waals surface area (Å²) in [4.78, 5) is 16.8. The number of carbonyl (C=O) groups is 1. The predicted octanol–water partition coefficient (Wildman–Crippen LogP) is 0.884. The first-order valence-corrected chi connectivity index (χ1v) is 7.01. The number of likely N-dealkylation sites (N-methyl/N-ethyl adjacent to an activating group) is 1. The highest BCUT2D eigenvalue weighted by molar-refractivity contribution is 5.79. The predicted molar refractivity (Wildman–Crippen MR) is 69.2 cm³/mol. The van der Waals surface area contributed by atoms with Crippen molar-refractivity contribution in [2.24, 2.45) is 5.92 Å². The Morgan fingerprint density at radius 2 is 2.06 bits per heavy atom. The number of carbonyl (C=O) groups excluding carboxylic acids is 1. The van der Waals surface area contributed by atoms with Gasteiger partial charge < -0.3 is 9.64 Å². The molecule has 100 valence electrons. The van der Waals surface area contributed by atoms with Gasteiger partial charge in [-0.3, -0.25) is 9.69 Å². The van der Waals surface area contributed by atoms with Crippen molar-refractivity contribution in [2.75, 3.05) is 33.3 Å². The third kappa shape index (κ3) is 2.19. The lowest BCUT2D eigenvalue weighted by Crippen LogP contribution is -2.60. The molecule has 0 aromatic rings. The molecule has 0 aromatic heterocycles. The lowest BCUT2D eigenvalue weighted by Gasteiger charge is -2.46. The van der Waals surface area contributed by atoms with Crippen LogP contribution in [0.25, 0.3) is 0 Å². The van der Waals surface area contributed by atoms with Gasteiger partial charge in [-0.05, 0) is 26.3 Å². The van der Waals surface area contributed by atoms with Gasteiger partial charge in [0.2, 0.25) is 5.91 Å². The summed E-state index contributed by atoms with van der Waals surface area (Å²) in [5.41, 5.74) is 0. The molecule has 0 saturated carbocycles. The zero-order valence-corrected chi connectivity index (χ0v) is 11.0. The Bertz CT molecular complexity index is 348. The second-order valence-corrected chi connectivity index (χ2v) is 5.67. The second kappa shape index (κ2) is 5.02. The van der Waals surface area contributed by atoms with Gasteiger partial charge in [-0.25, -0.2) is 0 Å². The van der Waals surface area contributed by atoms with Crippen LogP contribution in [0.5, 0.6) is 0 Å². The van der Waals surface area contributed by atoms with E-state index in [0.29, 0.717) is 18.1 Å². The Labute approximate surface area is 109 Å². The zero-order chi connectivity index (χ0) is 12.5. The minimum Gasteiger partial charge on any atom is -0.375 e. The molecule has 2 saturated heterocycles. The summed E-state index contributed by atoms with van der Waals surface area (Å²) in [5.74, 6) is 0.550. The average molecular weight is 250 g/mol. The average Bonchev–Trinajstić information content (AvgIpc) is 2.92. The largest absolute Gasteiger partial charge is 0.375 e. The Hall–Kier alpha value is -0.870. The fourth-order valence-corrected chi connectivity index (χ4v) is 3.32. The number of hydrogen-bond acceptors (Lipinski definition) is 3. The SMILES string of the molecule is CN1CCO[C@H]2CCN(C(=O)C3CC=CC3)C[C@@H]21. The molecule has 4 heteroatoms. The van der Waals surface area contributed by atoms with Gasteiger partial charge in [0.15, 0.2) is 0 Å². The molecule has 3 rings (SSSR count). The first-order chi connectivity index (χ1) is 8.75. The Balaban J connectivity index is 1.63. The number of rotatable bonds is 1. The standard InChI is InChI=1S/C14H22N2O2/c1-15-8-9-18-13-6-7-16(10-12(13)15)14(17)11-4-2-3-5-11/h2-3,11-13H,4-10H2,1H3/t12-,13-/m0/s1. The van der Waals surface area contributed by atoms with Crippen LogP contribution in [0, 0.1) is 5.92 Å². The number of piperidine rings is 1. The second-order valence-electron chi connectivity index (χ2n) is 5.67. The quantitative estimate of drug-likeness (QED) is 0.648. The molecule has 3 aliphatic rings. The van der Waals surface area contributed by atoms with E-state index in [9.17, 15) is 4.79 Å². The molecule has 0 spiro atoms. The van der Waals surface area contributed by atoms with Crippen molar-refractivity contribution in [1.29, 1.82) is 0 Å². The summed E-state index contributed by atoms with van der Waals surface area (Å²) in [6.07, 6.45) is 7.43. The molecule has 2 heterocycles. The van der Waals surface area contributed by atoms with E-state index >= 15 is 0 Å². The zero-order valence-electron chi connectivity index (χ0n) is 11.0. The third-order valence-electron chi connectivity index (χ3n) is 4.53. The molecular weight excluding hydrogens is 228 g/mol. The molecule has 4 nitrogen and oxygen atoms in total. The lowest BCUT2D eigenvalue weighted by molar-refractivity contribution is -0.145. The smallest absolute Gasteiger partial charge is 0.226 e. The molecule has 0 aromatic carbocycles. The maximum atomic E-state index is 12.4. The first kappa shape index (κ1) is 12.2. The van der Waals surface area contributed by atoms with E-state index in [1.165, 1.54) is 0 Å². The van der Waals surface area contributed by atoms with Gasteiger partial charge in [0.25, 0.3) is 0 Å². The van der Waals surface area contributed by atoms with Crippen LogP contribution >= 0.6 is 0 Å². The van der Waals surface area contributed by atoms with E-state index in [1.54, 1.807) is 0 Å². The fraction of sp³-hybridized carbons (Fsp3) is 0.786. The molecule has 1 amide bonds. The number of ether oxygens (including phenoxy) is 1. The normalized spacial score (nSPS) is 33.7. The van der Waals surface area contributed by atoms with E-state index in [1.807, 2.05) is 0 Å². The number of hydrogen-bond donors (Lipinski definition) is 0. The van der Waals surface area contributed by atoms with E-state index < -0.39 is 0 Å². The molecule has 0 bridgehead atoms. The van der Waals surface area contributed by atoms with Gasteiger partial charge in [-0.2, -0.15) is 0 Å². The minimum absolute atomic E-state index is 0.205. The van der Waals surface area contributed by atoms with Crippen LogP contribution in [-0.2, 0) is 9.53 Å². The highest BCUT2D eigenvalue weighted by Gasteiger charge is 2.38. The highest BCUT2D eigenvalue weighted by Crippen LogP contribution is 2.26. The maximum Gasteiger partial charge on any atom is 0.226 e. The van der Waals surface area contributed by atoms with E-state index in [4.69, 9.17) is 4.74 Å². The lowest BCUT2D eigenvalue weighted by atomic mass is 9.97. The highest BCUT2D eigenvalue weighted by atomic mass is 16.5. The minimum atomic E-state index is 0.205. The summed E-state index contributed by atoms with van der Waals surface area (Å²) in [6.45, 7) is 3.52. The van der Waals surface area contributed by atoms with Crippen LogP contribution < -0.4 is 0 Å². The van der Waals surface area contributed by atoms with Gasteiger partial charge in [0.1, 0.15) is 0 Å². The molecule has 0 radical (unpaired) electrons. The summed E-state index contributed by atoms with van der Waals surface area (Å²) in [6, 6.07) is 0.394. The summed E-state index contributed by atoms with van der Waals surface area (Å²) in [7, 11) is 2.14. The van der Waals surface area contributed by atoms with E-state index in [0.717, 1.165) is 45.5 Å². The summed E-state index contributed by atoms with van der Waals surface area (Å²) in [5, 5.41) is 0. The number of amides is 1. The molecule has 2 aliphatic heterocycles. The Morgan fingerprint density at radius 3 is 2.83 bits per heavy atom. The molecular formula is C14H22N2O2. The van der Waals surface area contributed by atoms with Gasteiger partial charge in [-0.15, -0.1) is 0 Å². The van der Waals surface area contributed by atoms with E-state index in [-0.39, 0.29) is 5.92 Å². The molecule has 0 unspecified atom stereocenters. The molecule has 18 heavy (non-hydrogen) atoms. The van der Waals surface area contributed by atoms with Crippen molar-refractivity contribution in [3.8, 4) is 0 Å². The number of fused-ring (bicyclic) bond motifs is 1. The Morgan fingerprint density at radius 1 is 1.28 bits per heavy atom. The molecule has 1 aliphatic carbocycles. The van der Waals surface area contributed by atoms with Crippen LogP contribution in [0.1, 0.15) is 19.3 Å². The van der Waals surface area contributed by atoms with E-state index in [2.05, 4.69) is 29.0 Å². The maximum absolute atomic E-state index is 12.4. The molecule has 2 fully saturated rings. The number of morpholine rings is 1. The van der Waals surface area contributed by atoms with Gasteiger partial charge in [0, 0.05) is 25.6 Å². The molecule has 0 N–H and O–H groups in total. The van der Waals surface area contributed by atoms with Crippen LogP contribution in [0.2, 0.25) is 0 Å². The number of nitrogens with zero attached hydrogens (tertiary/aromatic N) is 2.